The van der Waals surface area contributed by atoms with Crippen LogP contribution in [-0.4, -0.2) is 25.7 Å². The van der Waals surface area contributed by atoms with Crippen LogP contribution in [0, 0.1) is 0 Å². The van der Waals surface area contributed by atoms with Crippen molar-refractivity contribution >= 4 is 5.91 Å². The molecule has 104 valence electrons. The maximum atomic E-state index is 10.9. The molecule has 0 aliphatic heterocycles. The Morgan fingerprint density at radius 3 is 2.42 bits per heavy atom. The van der Waals surface area contributed by atoms with E-state index in [1.807, 2.05) is 31.2 Å². The summed E-state index contributed by atoms with van der Waals surface area (Å²) in [5, 5.41) is 2.72. The summed E-state index contributed by atoms with van der Waals surface area (Å²) in [4.78, 5) is 10.9. The zero-order valence-corrected chi connectivity index (χ0v) is 11.4. The van der Waals surface area contributed by atoms with Gasteiger partial charge in [0, 0.05) is 6.54 Å². The molecule has 0 fully saturated rings. The maximum Gasteiger partial charge on any atom is 0.243 e. The lowest BCUT2D eigenvalue weighted by Gasteiger charge is -2.07. The fourth-order valence-corrected chi connectivity index (χ4v) is 1.50. The average Bonchev–Trinajstić information content (AvgIpc) is 2.44. The number of nitrogens with one attached hydrogen (secondary N) is 1. The Balaban J connectivity index is 2.12. The van der Waals surface area contributed by atoms with Crippen LogP contribution in [0.2, 0.25) is 0 Å². The normalized spacial score (nSPS) is 9.74. The first-order valence-corrected chi connectivity index (χ1v) is 6.52. The minimum absolute atomic E-state index is 0.132. The SMILES string of the molecule is C=CC(=O)NCCCCOc1ccc(OCC)cc1. The largest absolute Gasteiger partial charge is 0.494 e. The molecule has 1 aromatic carbocycles. The van der Waals surface area contributed by atoms with Gasteiger partial charge in [-0.1, -0.05) is 6.58 Å². The number of ether oxygens (including phenoxy) is 2. The molecule has 0 spiro atoms. The standard InChI is InChI=1S/C15H21NO3/c1-3-15(17)16-11-5-6-12-19-14-9-7-13(8-10-14)18-4-2/h3,7-10H,1,4-6,11-12H2,2H3,(H,16,17). The van der Waals surface area contributed by atoms with Gasteiger partial charge in [-0.3, -0.25) is 4.79 Å². The van der Waals surface area contributed by atoms with Crippen molar-refractivity contribution in [2.45, 2.75) is 19.8 Å². The summed E-state index contributed by atoms with van der Waals surface area (Å²) in [5.74, 6) is 1.55. The van der Waals surface area contributed by atoms with Gasteiger partial charge in [-0.2, -0.15) is 0 Å². The molecular formula is C15H21NO3. The highest BCUT2D eigenvalue weighted by molar-refractivity contribution is 5.86. The van der Waals surface area contributed by atoms with Crippen LogP contribution in [0.4, 0.5) is 0 Å². The molecule has 0 radical (unpaired) electrons. The quantitative estimate of drug-likeness (QED) is 0.550. The highest BCUT2D eigenvalue weighted by atomic mass is 16.5. The zero-order chi connectivity index (χ0) is 13.9. The van der Waals surface area contributed by atoms with E-state index in [1.54, 1.807) is 0 Å². The smallest absolute Gasteiger partial charge is 0.243 e. The van der Waals surface area contributed by atoms with E-state index >= 15 is 0 Å². The Bertz CT molecular complexity index is 387. The molecule has 4 heteroatoms. The van der Waals surface area contributed by atoms with Crippen molar-refractivity contribution in [3.63, 3.8) is 0 Å². The maximum absolute atomic E-state index is 10.9. The van der Waals surface area contributed by atoms with Gasteiger partial charge < -0.3 is 14.8 Å². The zero-order valence-electron chi connectivity index (χ0n) is 11.4. The van der Waals surface area contributed by atoms with Crippen molar-refractivity contribution in [2.75, 3.05) is 19.8 Å². The lowest BCUT2D eigenvalue weighted by molar-refractivity contribution is -0.116. The van der Waals surface area contributed by atoms with Crippen LogP contribution in [0.15, 0.2) is 36.9 Å². The summed E-state index contributed by atoms with van der Waals surface area (Å²) in [7, 11) is 0. The van der Waals surface area contributed by atoms with Gasteiger partial charge in [0.05, 0.1) is 13.2 Å². The van der Waals surface area contributed by atoms with Crippen molar-refractivity contribution in [1.82, 2.24) is 5.32 Å². The van der Waals surface area contributed by atoms with Crippen molar-refractivity contribution in [1.29, 1.82) is 0 Å². The molecule has 1 N–H and O–H groups in total. The number of amides is 1. The molecule has 0 atom stereocenters. The van der Waals surface area contributed by atoms with Crippen LogP contribution in [0.3, 0.4) is 0 Å². The monoisotopic (exact) mass is 263 g/mol. The van der Waals surface area contributed by atoms with E-state index in [0.29, 0.717) is 19.8 Å². The molecule has 0 aromatic heterocycles. The predicted octanol–water partition coefficient (Wildman–Crippen LogP) is 2.55. The lowest BCUT2D eigenvalue weighted by Crippen LogP contribution is -2.22. The third kappa shape index (κ3) is 6.50. The van der Waals surface area contributed by atoms with Crippen molar-refractivity contribution in [2.24, 2.45) is 0 Å². The second-order valence-corrected chi connectivity index (χ2v) is 3.96. The first kappa shape index (κ1) is 15.1. The first-order chi connectivity index (χ1) is 9.26. The van der Waals surface area contributed by atoms with E-state index in [1.165, 1.54) is 6.08 Å². The second-order valence-electron chi connectivity index (χ2n) is 3.96. The van der Waals surface area contributed by atoms with Gasteiger partial charge in [-0.25, -0.2) is 0 Å². The molecular weight excluding hydrogens is 242 g/mol. The average molecular weight is 263 g/mol. The molecule has 0 saturated heterocycles. The second kappa shape index (κ2) is 9.03. The molecule has 0 saturated carbocycles. The third-order valence-electron chi connectivity index (χ3n) is 2.46. The summed E-state index contributed by atoms with van der Waals surface area (Å²) < 4.78 is 10.9. The highest BCUT2D eigenvalue weighted by Crippen LogP contribution is 2.17. The van der Waals surface area contributed by atoms with Crippen LogP contribution in [0.5, 0.6) is 11.5 Å². The van der Waals surface area contributed by atoms with E-state index in [0.717, 1.165) is 24.3 Å². The van der Waals surface area contributed by atoms with Crippen LogP contribution in [-0.2, 0) is 4.79 Å². The van der Waals surface area contributed by atoms with E-state index in [4.69, 9.17) is 9.47 Å². The number of carbonyl (C=O) groups excluding carboxylic acids is 1. The molecule has 4 nitrogen and oxygen atoms in total. The molecule has 0 heterocycles. The van der Waals surface area contributed by atoms with Gasteiger partial charge in [-0.05, 0) is 50.1 Å². The van der Waals surface area contributed by atoms with E-state index < -0.39 is 0 Å². The van der Waals surface area contributed by atoms with Gasteiger partial charge in [0.1, 0.15) is 11.5 Å². The molecule has 19 heavy (non-hydrogen) atoms. The molecule has 1 rings (SSSR count). The van der Waals surface area contributed by atoms with Gasteiger partial charge >= 0.3 is 0 Å². The van der Waals surface area contributed by atoms with E-state index in [9.17, 15) is 4.79 Å². The Morgan fingerprint density at radius 2 is 1.84 bits per heavy atom. The number of unbranched alkanes of at least 4 members (excludes halogenated alkanes) is 1. The van der Waals surface area contributed by atoms with Gasteiger partial charge in [0.25, 0.3) is 0 Å². The van der Waals surface area contributed by atoms with E-state index in [2.05, 4.69) is 11.9 Å². The predicted molar refractivity (Wildman–Crippen MR) is 75.5 cm³/mol. The molecule has 1 amide bonds. The summed E-state index contributed by atoms with van der Waals surface area (Å²) in [6.45, 7) is 7.29. The first-order valence-electron chi connectivity index (χ1n) is 6.52. The van der Waals surface area contributed by atoms with Gasteiger partial charge in [-0.15, -0.1) is 0 Å². The van der Waals surface area contributed by atoms with Crippen molar-refractivity contribution < 1.29 is 14.3 Å². The Hall–Kier alpha value is -1.97. The molecule has 0 bridgehead atoms. The van der Waals surface area contributed by atoms with Gasteiger partial charge in [0.2, 0.25) is 5.91 Å². The fourth-order valence-electron chi connectivity index (χ4n) is 1.50. The van der Waals surface area contributed by atoms with Crippen molar-refractivity contribution in [3.8, 4) is 11.5 Å². The summed E-state index contributed by atoms with van der Waals surface area (Å²) in [5.41, 5.74) is 0. The minimum Gasteiger partial charge on any atom is -0.494 e. The van der Waals surface area contributed by atoms with Crippen LogP contribution >= 0.6 is 0 Å². The fraction of sp³-hybridized carbons (Fsp3) is 0.400. The number of rotatable bonds is 9. The minimum atomic E-state index is -0.132. The van der Waals surface area contributed by atoms with Crippen LogP contribution in [0.25, 0.3) is 0 Å². The van der Waals surface area contributed by atoms with Crippen LogP contribution < -0.4 is 14.8 Å². The molecule has 0 aliphatic carbocycles. The summed E-state index contributed by atoms with van der Waals surface area (Å²) >= 11 is 0. The summed E-state index contributed by atoms with van der Waals surface area (Å²) in [6, 6.07) is 7.57. The van der Waals surface area contributed by atoms with Gasteiger partial charge in [0.15, 0.2) is 0 Å². The Kier molecular flexibility index (Phi) is 7.17. The molecule has 0 unspecified atom stereocenters. The summed E-state index contributed by atoms with van der Waals surface area (Å²) in [6.07, 6.45) is 3.05. The number of carbonyl (C=O) groups is 1. The number of benzene rings is 1. The van der Waals surface area contributed by atoms with E-state index in [-0.39, 0.29) is 5.91 Å². The number of hydrogen-bond donors (Lipinski definition) is 1. The topological polar surface area (TPSA) is 47.6 Å². The van der Waals surface area contributed by atoms with Crippen molar-refractivity contribution in [3.05, 3.63) is 36.9 Å². The number of hydrogen-bond acceptors (Lipinski definition) is 3. The van der Waals surface area contributed by atoms with Crippen LogP contribution in [0.1, 0.15) is 19.8 Å². The molecule has 1 aromatic rings. The highest BCUT2D eigenvalue weighted by Gasteiger charge is 1.97. The Morgan fingerprint density at radius 1 is 1.21 bits per heavy atom. The lowest BCUT2D eigenvalue weighted by atomic mass is 10.3. The third-order valence-corrected chi connectivity index (χ3v) is 2.46. The Labute approximate surface area is 114 Å². The molecule has 0 aliphatic rings.